The van der Waals surface area contributed by atoms with E-state index in [-0.39, 0.29) is 19.9 Å². The van der Waals surface area contributed by atoms with Crippen molar-refractivity contribution in [2.45, 2.75) is 21.9 Å². The minimum Gasteiger partial charge on any atom is -0.359 e. The summed E-state index contributed by atoms with van der Waals surface area (Å²) in [7, 11) is -3.82. The van der Waals surface area contributed by atoms with Crippen LogP contribution in [0.4, 0.5) is 0 Å². The van der Waals surface area contributed by atoms with Crippen molar-refractivity contribution >= 4 is 21.6 Å². The number of nitrogens with zero attached hydrogens (tertiary/aromatic N) is 2. The van der Waals surface area contributed by atoms with Gasteiger partial charge in [0.25, 0.3) is 14.9 Å². The highest BCUT2D eigenvalue weighted by Gasteiger charge is 2.33. The van der Waals surface area contributed by atoms with Gasteiger partial charge in [0, 0.05) is 0 Å². The molecule has 0 fully saturated rings. The molecule has 0 atom stereocenters. The molecule has 8 heteroatoms. The summed E-state index contributed by atoms with van der Waals surface area (Å²) in [5, 5.41) is 14.3. The second-order valence-electron chi connectivity index (χ2n) is 3.29. The number of hydrogen-bond donors (Lipinski definition) is 0. The van der Waals surface area contributed by atoms with E-state index in [2.05, 4.69) is 9.79 Å². The quantitative estimate of drug-likeness (QED) is 0.621. The topological polar surface area (TPSA) is 87.1 Å². The van der Waals surface area contributed by atoms with E-state index in [1.807, 2.05) is 0 Å². The van der Waals surface area contributed by atoms with E-state index in [1.165, 1.54) is 12.1 Å². The highest BCUT2D eigenvalue weighted by molar-refractivity contribution is 8.00. The van der Waals surface area contributed by atoms with Crippen LogP contribution in [0, 0.1) is 5.21 Å². The lowest BCUT2D eigenvalue weighted by atomic mass is 10.4. The highest BCUT2D eigenvalue weighted by Crippen LogP contribution is 2.26. The molecule has 0 amide bonds. The molecule has 96 valence electrons. The molecule has 0 N–H and O–H groups in total. The van der Waals surface area contributed by atoms with Crippen molar-refractivity contribution in [2.24, 2.45) is 0 Å². The summed E-state index contributed by atoms with van der Waals surface area (Å²) >= 11 is 1.07. The van der Waals surface area contributed by atoms with Crippen LogP contribution in [0.2, 0.25) is 0 Å². The van der Waals surface area contributed by atoms with Gasteiger partial charge in [0.1, 0.15) is 0 Å². The Morgan fingerprint density at radius 1 is 1.39 bits per heavy atom. The Morgan fingerprint density at radius 2 is 2.06 bits per heavy atom. The van der Waals surface area contributed by atoms with Gasteiger partial charge in [0.05, 0.1) is 10.1 Å². The van der Waals surface area contributed by atoms with Crippen LogP contribution in [-0.2, 0) is 9.84 Å². The van der Waals surface area contributed by atoms with Crippen LogP contribution in [0.3, 0.4) is 0 Å². The first kappa shape index (κ1) is 12.9. The van der Waals surface area contributed by atoms with Crippen molar-refractivity contribution in [1.29, 1.82) is 0 Å². The van der Waals surface area contributed by atoms with E-state index < -0.39 is 9.84 Å². The lowest BCUT2D eigenvalue weighted by molar-refractivity contribution is -0.832. The zero-order valence-corrected chi connectivity index (χ0v) is 11.1. The van der Waals surface area contributed by atoms with Gasteiger partial charge in [-0.25, -0.2) is 8.42 Å². The van der Waals surface area contributed by atoms with Crippen LogP contribution in [-0.4, -0.2) is 19.3 Å². The first-order chi connectivity index (χ1) is 8.57. The molecule has 2 aromatic rings. The monoisotopic (exact) mass is 286 g/mol. The summed E-state index contributed by atoms with van der Waals surface area (Å²) < 4.78 is 28.9. The number of benzene rings is 1. The van der Waals surface area contributed by atoms with E-state index in [1.54, 1.807) is 25.1 Å². The van der Waals surface area contributed by atoms with Gasteiger partial charge in [0.15, 0.2) is 0 Å². The fourth-order valence-corrected chi connectivity index (χ4v) is 3.61. The van der Waals surface area contributed by atoms with Gasteiger partial charge in [-0.15, -0.1) is 0 Å². The molecule has 0 spiro atoms. The zero-order chi connectivity index (χ0) is 13.2. The van der Waals surface area contributed by atoms with Crippen LogP contribution in [0.25, 0.3) is 0 Å². The lowest BCUT2D eigenvalue weighted by Gasteiger charge is -1.98. The van der Waals surface area contributed by atoms with Gasteiger partial charge in [-0.05, 0) is 22.8 Å². The summed E-state index contributed by atoms with van der Waals surface area (Å²) in [4.78, 5) is 0.195. The summed E-state index contributed by atoms with van der Waals surface area (Å²) in [5.74, 6) is 0.542. The van der Waals surface area contributed by atoms with Crippen molar-refractivity contribution in [3.8, 4) is 0 Å². The highest BCUT2D eigenvalue weighted by atomic mass is 32.2. The van der Waals surface area contributed by atoms with Crippen LogP contribution >= 0.6 is 11.8 Å². The molecule has 0 aliphatic carbocycles. The molecule has 0 saturated heterocycles. The maximum Gasteiger partial charge on any atom is 0.350 e. The number of thioether (sulfide) groups is 1. The molecular weight excluding hydrogens is 276 g/mol. The molecule has 0 radical (unpaired) electrons. The van der Waals surface area contributed by atoms with E-state index in [4.69, 9.17) is 0 Å². The molecule has 0 aliphatic rings. The minimum atomic E-state index is -3.82. The average molecular weight is 286 g/mol. The number of hydrogen-bond acceptors (Lipinski definition) is 6. The molecule has 0 bridgehead atoms. The smallest absolute Gasteiger partial charge is 0.350 e. The van der Waals surface area contributed by atoms with Crippen molar-refractivity contribution in [1.82, 2.24) is 5.16 Å². The Hall–Kier alpha value is -1.54. The fourth-order valence-electron chi connectivity index (χ4n) is 1.35. The maximum atomic E-state index is 12.3. The zero-order valence-electron chi connectivity index (χ0n) is 9.44. The molecular formula is C10H10N2O4S2. The summed E-state index contributed by atoms with van der Waals surface area (Å²) in [6.07, 6.45) is 0. The van der Waals surface area contributed by atoms with Crippen molar-refractivity contribution in [3.05, 3.63) is 35.5 Å². The summed E-state index contributed by atoms with van der Waals surface area (Å²) in [6.45, 7) is 1.80. The molecule has 0 unspecified atom stereocenters. The standard InChI is InChI=1S/C10H10N2O4S2/c1-2-17-10-9(11-16-12(10)13)18(14,15)8-6-4-3-5-7-8/h3-7H,2H2,1H3. The number of aromatic nitrogens is 2. The minimum absolute atomic E-state index is 0.0404. The molecule has 0 aliphatic heterocycles. The van der Waals surface area contributed by atoms with E-state index in [0.717, 1.165) is 11.8 Å². The van der Waals surface area contributed by atoms with E-state index in [9.17, 15) is 13.6 Å². The van der Waals surface area contributed by atoms with Crippen molar-refractivity contribution in [2.75, 3.05) is 5.75 Å². The van der Waals surface area contributed by atoms with Gasteiger partial charge in [-0.1, -0.05) is 36.9 Å². The Bertz CT molecular complexity index is 637. The maximum absolute atomic E-state index is 12.3. The first-order valence-corrected chi connectivity index (χ1v) is 7.57. The third-order valence-corrected chi connectivity index (χ3v) is 4.84. The third kappa shape index (κ3) is 2.21. The predicted octanol–water partition coefficient (Wildman–Crippen LogP) is 1.25. The van der Waals surface area contributed by atoms with E-state index >= 15 is 0 Å². The number of rotatable bonds is 4. The van der Waals surface area contributed by atoms with Crippen molar-refractivity contribution in [3.63, 3.8) is 0 Å². The van der Waals surface area contributed by atoms with Crippen LogP contribution in [0.15, 0.2) is 49.9 Å². The third-order valence-electron chi connectivity index (χ3n) is 2.14. The van der Waals surface area contributed by atoms with Crippen molar-refractivity contribution < 1.29 is 17.9 Å². The fraction of sp³-hybridized carbons (Fsp3) is 0.200. The largest absolute Gasteiger partial charge is 0.359 e. The Labute approximate surface area is 108 Å². The molecule has 1 aromatic carbocycles. The Morgan fingerprint density at radius 3 is 2.67 bits per heavy atom. The van der Waals surface area contributed by atoms with Gasteiger partial charge < -0.3 is 5.21 Å². The summed E-state index contributed by atoms with van der Waals surface area (Å²) in [6, 6.07) is 7.80. The second-order valence-corrected chi connectivity index (χ2v) is 6.41. The van der Waals surface area contributed by atoms with Crippen LogP contribution < -0.4 is 4.90 Å². The van der Waals surface area contributed by atoms with Crippen LogP contribution in [0.1, 0.15) is 6.92 Å². The van der Waals surface area contributed by atoms with Crippen LogP contribution in [0.5, 0.6) is 0 Å². The lowest BCUT2D eigenvalue weighted by Crippen LogP contribution is -2.25. The molecule has 1 heterocycles. The second kappa shape index (κ2) is 4.99. The molecule has 18 heavy (non-hydrogen) atoms. The number of sulfone groups is 1. The van der Waals surface area contributed by atoms with Gasteiger partial charge in [-0.3, -0.25) is 4.63 Å². The van der Waals surface area contributed by atoms with Gasteiger partial charge in [-0.2, -0.15) is 0 Å². The first-order valence-electron chi connectivity index (χ1n) is 5.10. The average Bonchev–Trinajstić information content (AvgIpc) is 2.73. The Kier molecular flexibility index (Phi) is 3.58. The molecule has 6 nitrogen and oxygen atoms in total. The predicted molar refractivity (Wildman–Crippen MR) is 63.8 cm³/mol. The SMILES string of the molecule is CCSc1c(S(=O)(=O)c2ccccc2)no[n+]1[O-]. The normalized spacial score (nSPS) is 11.6. The summed E-state index contributed by atoms with van der Waals surface area (Å²) in [5.41, 5.74) is 0. The van der Waals surface area contributed by atoms with Gasteiger partial charge in [0.2, 0.25) is 0 Å². The Balaban J connectivity index is 2.55. The molecule has 2 rings (SSSR count). The van der Waals surface area contributed by atoms with E-state index in [0.29, 0.717) is 5.75 Å². The molecule has 1 aromatic heterocycles. The van der Waals surface area contributed by atoms with Gasteiger partial charge >= 0.3 is 5.03 Å². The molecule has 0 saturated carbocycles.